The quantitative estimate of drug-likeness (QED) is 0.796. The summed E-state index contributed by atoms with van der Waals surface area (Å²) in [5.41, 5.74) is 1.54. The summed E-state index contributed by atoms with van der Waals surface area (Å²) in [4.78, 5) is 16.3. The van der Waals surface area contributed by atoms with E-state index < -0.39 is 0 Å². The van der Waals surface area contributed by atoms with Crippen LogP contribution in [-0.4, -0.2) is 10.8 Å². The van der Waals surface area contributed by atoms with Crippen molar-refractivity contribution in [3.63, 3.8) is 0 Å². The van der Waals surface area contributed by atoms with Crippen LogP contribution in [0.2, 0.25) is 5.02 Å². The molecule has 5 heteroatoms. The number of thiazole rings is 1. The number of ketones is 1. The van der Waals surface area contributed by atoms with E-state index in [1.165, 1.54) is 30.4 Å². The maximum Gasteiger partial charge on any atom is 0.171 e. The maximum atomic E-state index is 12.9. The van der Waals surface area contributed by atoms with Gasteiger partial charge in [0.05, 0.1) is 15.6 Å². The third-order valence-corrected chi connectivity index (χ3v) is 4.13. The molecule has 0 N–H and O–H groups in total. The molecule has 0 amide bonds. The summed E-state index contributed by atoms with van der Waals surface area (Å²) in [5.74, 6) is -0.343. The highest BCUT2D eigenvalue weighted by molar-refractivity contribution is 7.13. The van der Waals surface area contributed by atoms with Crippen LogP contribution in [0.5, 0.6) is 0 Å². The highest BCUT2D eigenvalue weighted by Crippen LogP contribution is 2.25. The Labute approximate surface area is 113 Å². The van der Waals surface area contributed by atoms with Crippen molar-refractivity contribution in [3.8, 4) is 0 Å². The van der Waals surface area contributed by atoms with Crippen molar-refractivity contribution < 1.29 is 9.18 Å². The molecule has 0 saturated heterocycles. The first-order valence-corrected chi connectivity index (χ1v) is 6.58. The Kier molecular flexibility index (Phi) is 3.78. The van der Waals surface area contributed by atoms with Crippen LogP contribution in [-0.2, 0) is 6.42 Å². The van der Waals surface area contributed by atoms with Gasteiger partial charge in [-0.15, -0.1) is 11.3 Å². The maximum absolute atomic E-state index is 12.9. The molecular formula is C13H11ClFNOS. The van der Waals surface area contributed by atoms with E-state index in [0.717, 1.165) is 16.3 Å². The standard InChI is InChI=1S/C13H11ClFNOS/c1-7-13(8(2)17)18-12(16-7)5-9-3-4-10(15)6-11(9)14/h3-4,6H,5H2,1-2H3. The SMILES string of the molecule is CC(=O)c1sc(Cc2ccc(F)cc2Cl)nc1C. The van der Waals surface area contributed by atoms with Crippen LogP contribution < -0.4 is 0 Å². The molecule has 1 aromatic carbocycles. The minimum absolute atomic E-state index is 0.0152. The zero-order valence-corrected chi connectivity index (χ0v) is 11.5. The number of hydrogen-bond donors (Lipinski definition) is 0. The van der Waals surface area contributed by atoms with Gasteiger partial charge in [-0.25, -0.2) is 9.37 Å². The van der Waals surface area contributed by atoms with Crippen molar-refractivity contribution in [2.24, 2.45) is 0 Å². The number of halogens is 2. The lowest BCUT2D eigenvalue weighted by Gasteiger charge is -2.01. The molecule has 1 heterocycles. The van der Waals surface area contributed by atoms with Crippen LogP contribution >= 0.6 is 22.9 Å². The fourth-order valence-corrected chi connectivity index (χ4v) is 2.90. The molecule has 0 aliphatic carbocycles. The van der Waals surface area contributed by atoms with Crippen LogP contribution in [0.1, 0.15) is 32.9 Å². The number of aromatic nitrogens is 1. The molecule has 0 atom stereocenters. The molecule has 2 aromatic rings. The third kappa shape index (κ3) is 2.76. The largest absolute Gasteiger partial charge is 0.294 e. The molecule has 2 nitrogen and oxygen atoms in total. The van der Waals surface area contributed by atoms with E-state index in [1.807, 2.05) is 6.92 Å². The lowest BCUT2D eigenvalue weighted by molar-refractivity contribution is 0.102. The summed E-state index contributed by atoms with van der Waals surface area (Å²) < 4.78 is 12.9. The van der Waals surface area contributed by atoms with Gasteiger partial charge in [0.15, 0.2) is 5.78 Å². The number of hydrogen-bond acceptors (Lipinski definition) is 3. The number of benzene rings is 1. The number of rotatable bonds is 3. The summed E-state index contributed by atoms with van der Waals surface area (Å²) in [6, 6.07) is 4.29. The zero-order valence-electron chi connectivity index (χ0n) is 9.96. The van der Waals surface area contributed by atoms with E-state index in [2.05, 4.69) is 4.98 Å². The molecule has 0 fully saturated rings. The highest BCUT2D eigenvalue weighted by Gasteiger charge is 2.13. The van der Waals surface area contributed by atoms with Crippen molar-refractivity contribution in [1.82, 2.24) is 4.98 Å². The lowest BCUT2D eigenvalue weighted by Crippen LogP contribution is -1.90. The fraction of sp³-hybridized carbons (Fsp3) is 0.231. The topological polar surface area (TPSA) is 30.0 Å². The van der Waals surface area contributed by atoms with E-state index in [1.54, 1.807) is 6.07 Å². The van der Waals surface area contributed by atoms with Gasteiger partial charge in [0.25, 0.3) is 0 Å². The number of Topliss-reactive ketones (excluding diaryl/α,β-unsaturated/α-hetero) is 1. The van der Waals surface area contributed by atoms with E-state index in [-0.39, 0.29) is 11.6 Å². The second kappa shape index (κ2) is 5.16. The summed E-state index contributed by atoms with van der Waals surface area (Å²) in [6.45, 7) is 3.33. The van der Waals surface area contributed by atoms with Gasteiger partial charge in [0.1, 0.15) is 5.82 Å². The molecule has 94 valence electrons. The summed E-state index contributed by atoms with van der Waals surface area (Å²) >= 11 is 7.32. The van der Waals surface area contributed by atoms with Crippen molar-refractivity contribution in [1.29, 1.82) is 0 Å². The first-order valence-electron chi connectivity index (χ1n) is 5.38. The minimum Gasteiger partial charge on any atom is -0.294 e. The molecule has 0 aliphatic rings. The van der Waals surface area contributed by atoms with Crippen LogP contribution in [0.15, 0.2) is 18.2 Å². The molecule has 0 unspecified atom stereocenters. The van der Waals surface area contributed by atoms with Gasteiger partial charge < -0.3 is 0 Å². The molecule has 2 rings (SSSR count). The number of aryl methyl sites for hydroxylation is 1. The van der Waals surface area contributed by atoms with Gasteiger partial charge in [0, 0.05) is 18.4 Å². The second-order valence-corrected chi connectivity index (χ2v) is 5.48. The Bertz CT molecular complexity index is 609. The normalized spacial score (nSPS) is 10.7. The monoisotopic (exact) mass is 283 g/mol. The molecule has 0 radical (unpaired) electrons. The molecule has 0 bridgehead atoms. The van der Waals surface area contributed by atoms with Crippen LogP contribution in [0, 0.1) is 12.7 Å². The zero-order chi connectivity index (χ0) is 13.3. The first-order chi connectivity index (χ1) is 8.47. The van der Waals surface area contributed by atoms with Crippen molar-refractivity contribution >= 4 is 28.7 Å². The van der Waals surface area contributed by atoms with E-state index >= 15 is 0 Å². The van der Waals surface area contributed by atoms with Gasteiger partial charge in [-0.05, 0) is 24.6 Å². The second-order valence-electron chi connectivity index (χ2n) is 3.99. The van der Waals surface area contributed by atoms with Crippen molar-refractivity contribution in [2.45, 2.75) is 20.3 Å². The Hall–Kier alpha value is -1.26. The molecule has 1 aromatic heterocycles. The molecule has 0 saturated carbocycles. The molecule has 0 spiro atoms. The summed E-state index contributed by atoms with van der Waals surface area (Å²) in [5, 5.41) is 1.19. The van der Waals surface area contributed by atoms with Gasteiger partial charge in [-0.1, -0.05) is 17.7 Å². The average Bonchev–Trinajstić information content (AvgIpc) is 2.64. The Morgan fingerprint density at radius 1 is 1.50 bits per heavy atom. The first kappa shape index (κ1) is 13.2. The Balaban J connectivity index is 2.29. The van der Waals surface area contributed by atoms with Crippen LogP contribution in [0.3, 0.4) is 0 Å². The van der Waals surface area contributed by atoms with Gasteiger partial charge in [0.2, 0.25) is 0 Å². The smallest absolute Gasteiger partial charge is 0.171 e. The van der Waals surface area contributed by atoms with Gasteiger partial charge in [-0.2, -0.15) is 0 Å². The average molecular weight is 284 g/mol. The molecule has 18 heavy (non-hydrogen) atoms. The number of carbonyl (C=O) groups excluding carboxylic acids is 1. The third-order valence-electron chi connectivity index (χ3n) is 2.52. The highest BCUT2D eigenvalue weighted by atomic mass is 35.5. The van der Waals surface area contributed by atoms with Gasteiger partial charge in [-0.3, -0.25) is 4.79 Å². The van der Waals surface area contributed by atoms with Gasteiger partial charge >= 0.3 is 0 Å². The Morgan fingerprint density at radius 2 is 2.22 bits per heavy atom. The molecule has 0 aliphatic heterocycles. The fourth-order valence-electron chi connectivity index (χ4n) is 1.68. The van der Waals surface area contributed by atoms with E-state index in [4.69, 9.17) is 11.6 Å². The lowest BCUT2D eigenvalue weighted by atomic mass is 10.1. The van der Waals surface area contributed by atoms with Crippen molar-refractivity contribution in [3.05, 3.63) is 50.2 Å². The minimum atomic E-state index is -0.358. The summed E-state index contributed by atoms with van der Waals surface area (Å²) in [6.07, 6.45) is 0.512. The summed E-state index contributed by atoms with van der Waals surface area (Å²) in [7, 11) is 0. The number of carbonyl (C=O) groups is 1. The Morgan fingerprint density at radius 3 is 2.78 bits per heavy atom. The van der Waals surface area contributed by atoms with Crippen molar-refractivity contribution in [2.75, 3.05) is 0 Å². The number of nitrogens with zero attached hydrogens (tertiary/aromatic N) is 1. The van der Waals surface area contributed by atoms with E-state index in [9.17, 15) is 9.18 Å². The predicted octanol–water partition coefficient (Wildman–Crippen LogP) is 4.04. The van der Waals surface area contributed by atoms with Crippen LogP contribution in [0.4, 0.5) is 4.39 Å². The van der Waals surface area contributed by atoms with E-state index in [0.29, 0.717) is 16.3 Å². The molecular weight excluding hydrogens is 273 g/mol. The predicted molar refractivity (Wildman–Crippen MR) is 71.1 cm³/mol. The van der Waals surface area contributed by atoms with Crippen LogP contribution in [0.25, 0.3) is 0 Å².